The van der Waals surface area contributed by atoms with Crippen LogP contribution >= 0.6 is 0 Å². The third kappa shape index (κ3) is 5.74. The van der Waals surface area contributed by atoms with Crippen molar-refractivity contribution in [3.05, 3.63) is 90.1 Å². The molecule has 1 heterocycles. The number of esters is 1. The maximum absolute atomic E-state index is 13.9. The van der Waals surface area contributed by atoms with Crippen LogP contribution in [0.2, 0.25) is 0 Å². The monoisotopic (exact) mass is 567 g/mol. The Morgan fingerprint density at radius 3 is 1.97 bits per heavy atom. The number of pyridine rings is 1. The molecule has 1 aromatic heterocycles. The molecule has 0 fully saturated rings. The van der Waals surface area contributed by atoms with Gasteiger partial charge in [0.1, 0.15) is 6.04 Å². The van der Waals surface area contributed by atoms with Crippen molar-refractivity contribution in [1.82, 2.24) is 4.98 Å². The minimum atomic E-state index is -4.29. The second-order valence-corrected chi connectivity index (χ2v) is 12.5. The lowest BCUT2D eigenvalue weighted by atomic mass is 10.1. The van der Waals surface area contributed by atoms with Crippen LogP contribution in [0.15, 0.2) is 88.8 Å². The average Bonchev–Trinajstić information content (AvgIpc) is 2.90. The van der Waals surface area contributed by atoms with E-state index in [1.54, 1.807) is 55.5 Å². The Labute approximate surface area is 228 Å². The molecule has 0 radical (unpaired) electrons. The molecule has 0 saturated carbocycles. The Bertz CT molecular complexity index is 1720. The molecule has 1 atom stereocenters. The van der Waals surface area contributed by atoms with E-state index in [0.29, 0.717) is 10.8 Å². The predicted octanol–water partition coefficient (Wildman–Crippen LogP) is 4.80. The minimum absolute atomic E-state index is 0.0284. The number of carbonyl (C=O) groups excluding carboxylic acids is 1. The summed E-state index contributed by atoms with van der Waals surface area (Å²) < 4.78 is 62.7. The standard InChI is InChI=1S/C28H29N3O6S2/c1-5-37-28(32)21(4)31(39(35,36)23-16-12-20(3)13-17-23)27-25-9-7-6-8-24(25)26(18-29-27)30-38(33,34)22-14-10-19(2)11-15-22/h6-18,21,30H,5H2,1-4H3. The van der Waals surface area contributed by atoms with Crippen LogP contribution in [0.3, 0.4) is 0 Å². The van der Waals surface area contributed by atoms with E-state index in [0.717, 1.165) is 15.4 Å². The van der Waals surface area contributed by atoms with Crippen LogP contribution in [0.25, 0.3) is 10.8 Å². The van der Waals surface area contributed by atoms with E-state index < -0.39 is 32.1 Å². The van der Waals surface area contributed by atoms with Gasteiger partial charge in [0.25, 0.3) is 20.0 Å². The number of ether oxygens (including phenoxy) is 1. The summed E-state index contributed by atoms with van der Waals surface area (Å²) in [6, 6.07) is 18.0. The predicted molar refractivity (Wildman–Crippen MR) is 151 cm³/mol. The quantitative estimate of drug-likeness (QED) is 0.288. The van der Waals surface area contributed by atoms with Crippen molar-refractivity contribution in [2.24, 2.45) is 0 Å². The molecule has 0 aliphatic carbocycles. The lowest BCUT2D eigenvalue weighted by Gasteiger charge is -2.29. The van der Waals surface area contributed by atoms with Gasteiger partial charge in [-0.25, -0.2) is 30.9 Å². The van der Waals surface area contributed by atoms with Gasteiger partial charge in [0, 0.05) is 10.8 Å². The number of benzene rings is 3. The molecular weight excluding hydrogens is 538 g/mol. The third-order valence-electron chi connectivity index (χ3n) is 6.12. The van der Waals surface area contributed by atoms with E-state index in [2.05, 4.69) is 9.71 Å². The second-order valence-electron chi connectivity index (χ2n) is 9.00. The van der Waals surface area contributed by atoms with Crippen molar-refractivity contribution in [1.29, 1.82) is 0 Å². The minimum Gasteiger partial charge on any atom is -0.464 e. The Kier molecular flexibility index (Phi) is 7.94. The molecule has 0 bridgehead atoms. The highest BCUT2D eigenvalue weighted by Gasteiger charge is 2.36. The molecule has 0 spiro atoms. The van der Waals surface area contributed by atoms with Gasteiger partial charge < -0.3 is 4.74 Å². The summed E-state index contributed by atoms with van der Waals surface area (Å²) in [7, 11) is -8.25. The maximum atomic E-state index is 13.9. The SMILES string of the molecule is CCOC(=O)C(C)N(c1ncc(NS(=O)(=O)c2ccc(C)cc2)c2ccccc12)S(=O)(=O)c1ccc(C)cc1. The van der Waals surface area contributed by atoms with Crippen molar-refractivity contribution in [2.75, 3.05) is 15.6 Å². The van der Waals surface area contributed by atoms with Gasteiger partial charge in [-0.1, -0.05) is 59.7 Å². The molecule has 9 nitrogen and oxygen atoms in total. The van der Waals surface area contributed by atoms with Crippen molar-refractivity contribution >= 4 is 48.3 Å². The van der Waals surface area contributed by atoms with E-state index in [-0.39, 0.29) is 27.9 Å². The molecule has 39 heavy (non-hydrogen) atoms. The van der Waals surface area contributed by atoms with Gasteiger partial charge in [0.05, 0.1) is 28.3 Å². The first kappa shape index (κ1) is 28.1. The summed E-state index contributed by atoms with van der Waals surface area (Å²) in [5.74, 6) is -0.784. The van der Waals surface area contributed by atoms with Gasteiger partial charge in [-0.15, -0.1) is 0 Å². The lowest BCUT2D eigenvalue weighted by Crippen LogP contribution is -2.44. The fourth-order valence-electron chi connectivity index (χ4n) is 4.04. The number of carbonyl (C=O) groups is 1. The van der Waals surface area contributed by atoms with Crippen molar-refractivity contribution in [2.45, 2.75) is 43.5 Å². The number of aromatic nitrogens is 1. The summed E-state index contributed by atoms with van der Waals surface area (Å²) in [5, 5.41) is 0.729. The van der Waals surface area contributed by atoms with Gasteiger partial charge >= 0.3 is 5.97 Å². The first-order valence-electron chi connectivity index (χ1n) is 12.2. The summed E-state index contributed by atoms with van der Waals surface area (Å²) in [4.78, 5) is 17.2. The molecule has 11 heteroatoms. The number of aryl methyl sites for hydroxylation is 2. The second kappa shape index (κ2) is 11.0. The van der Waals surface area contributed by atoms with Crippen LogP contribution in [0.1, 0.15) is 25.0 Å². The van der Waals surface area contributed by atoms with E-state index in [1.807, 2.05) is 13.8 Å². The fraction of sp³-hybridized carbons (Fsp3) is 0.214. The van der Waals surface area contributed by atoms with Gasteiger partial charge in [-0.2, -0.15) is 0 Å². The number of sulfonamides is 2. The largest absolute Gasteiger partial charge is 0.464 e. The maximum Gasteiger partial charge on any atom is 0.329 e. The van der Waals surface area contributed by atoms with E-state index in [9.17, 15) is 21.6 Å². The van der Waals surface area contributed by atoms with Gasteiger partial charge in [-0.3, -0.25) is 4.72 Å². The Morgan fingerprint density at radius 2 is 1.41 bits per heavy atom. The summed E-state index contributed by atoms with van der Waals surface area (Å²) in [5.41, 5.74) is 1.94. The van der Waals surface area contributed by atoms with E-state index in [4.69, 9.17) is 4.74 Å². The van der Waals surface area contributed by atoms with Crippen LogP contribution in [-0.2, 0) is 29.6 Å². The summed E-state index contributed by atoms with van der Waals surface area (Å²) >= 11 is 0. The molecule has 4 rings (SSSR count). The van der Waals surface area contributed by atoms with Crippen LogP contribution in [0.4, 0.5) is 11.5 Å². The van der Waals surface area contributed by atoms with Crippen LogP contribution in [0.5, 0.6) is 0 Å². The first-order chi connectivity index (χ1) is 18.5. The third-order valence-corrected chi connectivity index (χ3v) is 9.37. The zero-order valence-electron chi connectivity index (χ0n) is 22.0. The van der Waals surface area contributed by atoms with E-state index in [1.165, 1.54) is 37.4 Å². The number of rotatable bonds is 9. The Morgan fingerprint density at radius 1 is 0.872 bits per heavy atom. The van der Waals surface area contributed by atoms with Crippen molar-refractivity contribution < 1.29 is 26.4 Å². The highest BCUT2D eigenvalue weighted by atomic mass is 32.2. The number of nitrogens with one attached hydrogen (secondary N) is 1. The number of hydrogen-bond donors (Lipinski definition) is 1. The Balaban J connectivity index is 1.88. The molecule has 1 unspecified atom stereocenters. The molecular formula is C28H29N3O6S2. The highest BCUT2D eigenvalue weighted by Crippen LogP contribution is 2.35. The topological polar surface area (TPSA) is 123 Å². The highest BCUT2D eigenvalue weighted by molar-refractivity contribution is 7.93. The first-order valence-corrected chi connectivity index (χ1v) is 15.1. The van der Waals surface area contributed by atoms with Gasteiger partial charge in [-0.05, 0) is 52.0 Å². The van der Waals surface area contributed by atoms with Crippen LogP contribution in [0, 0.1) is 13.8 Å². The smallest absolute Gasteiger partial charge is 0.329 e. The molecule has 0 aliphatic heterocycles. The number of anilines is 2. The molecule has 4 aromatic rings. The number of fused-ring (bicyclic) bond motifs is 1. The zero-order valence-corrected chi connectivity index (χ0v) is 23.6. The molecule has 204 valence electrons. The molecule has 0 aliphatic rings. The normalized spacial score (nSPS) is 12.6. The zero-order chi connectivity index (χ0) is 28.4. The Hall–Kier alpha value is -3.96. The molecule has 0 amide bonds. The summed E-state index contributed by atoms with van der Waals surface area (Å²) in [6.45, 7) is 6.81. The number of nitrogens with zero attached hydrogens (tertiary/aromatic N) is 2. The van der Waals surface area contributed by atoms with Gasteiger partial charge in [0.2, 0.25) is 0 Å². The van der Waals surface area contributed by atoms with Crippen molar-refractivity contribution in [3.63, 3.8) is 0 Å². The number of hydrogen-bond acceptors (Lipinski definition) is 7. The molecule has 0 saturated heterocycles. The van der Waals surface area contributed by atoms with Crippen LogP contribution < -0.4 is 9.03 Å². The van der Waals surface area contributed by atoms with Crippen LogP contribution in [-0.4, -0.2) is 40.4 Å². The fourth-order valence-corrected chi connectivity index (χ4v) is 6.69. The van der Waals surface area contributed by atoms with E-state index >= 15 is 0 Å². The average molecular weight is 568 g/mol. The summed E-state index contributed by atoms with van der Waals surface area (Å²) in [6.07, 6.45) is 1.25. The lowest BCUT2D eigenvalue weighted by molar-refractivity contribution is -0.144. The van der Waals surface area contributed by atoms with Crippen molar-refractivity contribution in [3.8, 4) is 0 Å². The van der Waals surface area contributed by atoms with Gasteiger partial charge in [0.15, 0.2) is 5.82 Å². The molecule has 3 aromatic carbocycles. The molecule has 1 N–H and O–H groups in total.